The van der Waals surface area contributed by atoms with Crippen molar-refractivity contribution in [2.45, 2.75) is 18.2 Å². The second-order valence-electron chi connectivity index (χ2n) is 3.36. The van der Waals surface area contributed by atoms with Crippen molar-refractivity contribution in [2.24, 2.45) is 11.7 Å². The Morgan fingerprint density at radius 2 is 2.00 bits per heavy atom. The number of rotatable bonds is 4. The van der Waals surface area contributed by atoms with Crippen molar-refractivity contribution in [2.75, 3.05) is 6.26 Å². The minimum Gasteiger partial charge on any atom is -0.393 e. The summed E-state index contributed by atoms with van der Waals surface area (Å²) in [7, 11) is 0. The van der Waals surface area contributed by atoms with Crippen LogP contribution in [0.3, 0.4) is 0 Å². The molecule has 0 amide bonds. The van der Waals surface area contributed by atoms with Gasteiger partial charge >= 0.3 is 0 Å². The van der Waals surface area contributed by atoms with Gasteiger partial charge in [0.25, 0.3) is 0 Å². The summed E-state index contributed by atoms with van der Waals surface area (Å²) in [6, 6.07) is 8.54. The first-order chi connectivity index (χ1) is 6.63. The molecule has 76 valence electrons. The lowest BCUT2D eigenvalue weighted by Crippen LogP contribution is -2.20. The Bertz CT molecular complexity index is 306. The molecule has 1 nitrogen and oxygen atoms in total. The van der Waals surface area contributed by atoms with Crippen LogP contribution in [-0.2, 0) is 6.42 Å². The van der Waals surface area contributed by atoms with Crippen molar-refractivity contribution in [3.8, 4) is 0 Å². The highest BCUT2D eigenvalue weighted by Gasteiger charge is 2.05. The van der Waals surface area contributed by atoms with Crippen LogP contribution in [0.15, 0.2) is 29.2 Å². The predicted molar refractivity (Wildman–Crippen MR) is 67.9 cm³/mol. The van der Waals surface area contributed by atoms with Gasteiger partial charge in [-0.1, -0.05) is 31.3 Å². The highest BCUT2D eigenvalue weighted by molar-refractivity contribution is 7.98. The number of hydrogen-bond acceptors (Lipinski definition) is 2. The lowest BCUT2D eigenvalue weighted by molar-refractivity contribution is 0.771. The summed E-state index contributed by atoms with van der Waals surface area (Å²) in [5, 5.41) is 0. The Labute approximate surface area is 95.1 Å². The second kappa shape index (κ2) is 5.37. The van der Waals surface area contributed by atoms with Gasteiger partial charge in [0.2, 0.25) is 0 Å². The average molecular weight is 225 g/mol. The standard InChI is InChI=1S/C11H15NS2/c1-8(11(12)13)7-9-3-5-10(14-2)6-4-9/h3-6,8H,7H2,1-2H3,(H2,12,13). The number of hydrogen-bond donors (Lipinski definition) is 1. The fourth-order valence-electron chi connectivity index (χ4n) is 1.22. The lowest BCUT2D eigenvalue weighted by Gasteiger charge is -2.09. The maximum absolute atomic E-state index is 5.57. The third kappa shape index (κ3) is 3.31. The second-order valence-corrected chi connectivity index (χ2v) is 4.71. The Hall–Kier alpha value is -0.540. The van der Waals surface area contributed by atoms with Crippen molar-refractivity contribution >= 4 is 29.0 Å². The van der Waals surface area contributed by atoms with Crippen molar-refractivity contribution in [1.82, 2.24) is 0 Å². The third-order valence-electron chi connectivity index (χ3n) is 2.19. The molecule has 1 rings (SSSR count). The van der Waals surface area contributed by atoms with Gasteiger partial charge in [-0.05, 0) is 30.4 Å². The number of benzene rings is 1. The molecule has 0 heterocycles. The van der Waals surface area contributed by atoms with Crippen LogP contribution in [-0.4, -0.2) is 11.2 Å². The highest BCUT2D eigenvalue weighted by atomic mass is 32.2. The van der Waals surface area contributed by atoms with Gasteiger partial charge in [0, 0.05) is 10.8 Å². The normalized spacial score (nSPS) is 12.4. The summed E-state index contributed by atoms with van der Waals surface area (Å²) in [5.74, 6) is 0.283. The Morgan fingerprint density at radius 1 is 1.43 bits per heavy atom. The van der Waals surface area contributed by atoms with Crippen LogP contribution in [0.25, 0.3) is 0 Å². The monoisotopic (exact) mass is 225 g/mol. The molecule has 0 spiro atoms. The van der Waals surface area contributed by atoms with E-state index in [0.717, 1.165) is 6.42 Å². The quantitative estimate of drug-likeness (QED) is 0.630. The van der Waals surface area contributed by atoms with Gasteiger partial charge in [-0.25, -0.2) is 0 Å². The topological polar surface area (TPSA) is 26.0 Å². The van der Waals surface area contributed by atoms with E-state index in [1.165, 1.54) is 10.5 Å². The predicted octanol–water partition coefficient (Wildman–Crippen LogP) is 2.87. The average Bonchev–Trinajstić information content (AvgIpc) is 2.19. The summed E-state index contributed by atoms with van der Waals surface area (Å²) in [5.41, 5.74) is 6.86. The zero-order chi connectivity index (χ0) is 10.6. The molecule has 1 aromatic carbocycles. The van der Waals surface area contributed by atoms with Crippen molar-refractivity contribution in [3.63, 3.8) is 0 Å². The van der Waals surface area contributed by atoms with Crippen LogP contribution in [0, 0.1) is 5.92 Å². The molecule has 0 fully saturated rings. The molecule has 1 unspecified atom stereocenters. The van der Waals surface area contributed by atoms with Crippen molar-refractivity contribution in [3.05, 3.63) is 29.8 Å². The summed E-state index contributed by atoms with van der Waals surface area (Å²) >= 11 is 6.69. The van der Waals surface area contributed by atoms with Crippen LogP contribution in [0.2, 0.25) is 0 Å². The van der Waals surface area contributed by atoms with Gasteiger partial charge < -0.3 is 5.73 Å². The molecule has 0 aliphatic rings. The molecule has 0 saturated carbocycles. The SMILES string of the molecule is CSc1ccc(CC(C)C(N)=S)cc1. The molecule has 1 atom stereocenters. The van der Waals surface area contributed by atoms with Crippen molar-refractivity contribution < 1.29 is 0 Å². The van der Waals surface area contributed by atoms with Crippen LogP contribution >= 0.6 is 24.0 Å². The van der Waals surface area contributed by atoms with Crippen LogP contribution < -0.4 is 5.73 Å². The Balaban J connectivity index is 2.64. The zero-order valence-electron chi connectivity index (χ0n) is 8.49. The van der Waals surface area contributed by atoms with Gasteiger partial charge in [-0.3, -0.25) is 0 Å². The van der Waals surface area contributed by atoms with E-state index < -0.39 is 0 Å². The van der Waals surface area contributed by atoms with Gasteiger partial charge in [-0.2, -0.15) is 0 Å². The minimum atomic E-state index is 0.283. The summed E-state index contributed by atoms with van der Waals surface area (Å²) < 4.78 is 0. The third-order valence-corrected chi connectivity index (χ3v) is 3.33. The zero-order valence-corrected chi connectivity index (χ0v) is 10.1. The fourth-order valence-corrected chi connectivity index (χ4v) is 1.71. The van der Waals surface area contributed by atoms with Crippen molar-refractivity contribution in [1.29, 1.82) is 0 Å². The van der Waals surface area contributed by atoms with E-state index in [9.17, 15) is 0 Å². The Morgan fingerprint density at radius 3 is 2.43 bits per heavy atom. The van der Waals surface area contributed by atoms with E-state index >= 15 is 0 Å². The van der Waals surface area contributed by atoms with E-state index in [0.29, 0.717) is 4.99 Å². The van der Waals surface area contributed by atoms with Crippen LogP contribution in [0.5, 0.6) is 0 Å². The van der Waals surface area contributed by atoms with E-state index in [-0.39, 0.29) is 5.92 Å². The summed E-state index contributed by atoms with van der Waals surface area (Å²) in [6.45, 7) is 2.06. The molecule has 0 radical (unpaired) electrons. The molecule has 2 N–H and O–H groups in total. The summed E-state index contributed by atoms with van der Waals surface area (Å²) in [6.07, 6.45) is 3.01. The van der Waals surface area contributed by atoms with Crippen LogP contribution in [0.4, 0.5) is 0 Å². The van der Waals surface area contributed by atoms with E-state index in [4.69, 9.17) is 18.0 Å². The largest absolute Gasteiger partial charge is 0.393 e. The molecule has 1 aromatic rings. The molecule has 3 heteroatoms. The number of thioether (sulfide) groups is 1. The van der Waals surface area contributed by atoms with Gasteiger partial charge in [-0.15, -0.1) is 11.8 Å². The van der Waals surface area contributed by atoms with E-state index in [2.05, 4.69) is 37.4 Å². The maximum atomic E-state index is 5.57. The van der Waals surface area contributed by atoms with Crippen LogP contribution in [0.1, 0.15) is 12.5 Å². The smallest absolute Gasteiger partial charge is 0.0759 e. The molecule has 0 aromatic heterocycles. The van der Waals surface area contributed by atoms with Gasteiger partial charge in [0.15, 0.2) is 0 Å². The van der Waals surface area contributed by atoms with E-state index in [1.54, 1.807) is 11.8 Å². The number of nitrogens with two attached hydrogens (primary N) is 1. The fraction of sp³-hybridized carbons (Fsp3) is 0.364. The first-order valence-corrected chi connectivity index (χ1v) is 6.19. The lowest BCUT2D eigenvalue weighted by atomic mass is 10.0. The summed E-state index contributed by atoms with van der Waals surface area (Å²) in [4.78, 5) is 1.88. The molecular weight excluding hydrogens is 210 g/mol. The minimum absolute atomic E-state index is 0.283. The molecule has 0 aliphatic heterocycles. The first kappa shape index (κ1) is 11.5. The molecule has 0 aliphatic carbocycles. The molecular formula is C11H15NS2. The Kier molecular flexibility index (Phi) is 4.42. The highest BCUT2D eigenvalue weighted by Crippen LogP contribution is 2.16. The first-order valence-electron chi connectivity index (χ1n) is 4.55. The molecule has 0 bridgehead atoms. The van der Waals surface area contributed by atoms with Gasteiger partial charge in [0.1, 0.15) is 0 Å². The molecule has 14 heavy (non-hydrogen) atoms. The number of thiocarbonyl (C=S) groups is 1. The van der Waals surface area contributed by atoms with E-state index in [1.807, 2.05) is 0 Å². The van der Waals surface area contributed by atoms with Gasteiger partial charge in [0.05, 0.1) is 4.99 Å². The maximum Gasteiger partial charge on any atom is 0.0759 e. The molecule has 0 saturated heterocycles.